The van der Waals surface area contributed by atoms with Gasteiger partial charge in [0.15, 0.2) is 0 Å². The summed E-state index contributed by atoms with van der Waals surface area (Å²) in [5, 5.41) is 0. The van der Waals surface area contributed by atoms with Crippen molar-refractivity contribution in [2.75, 3.05) is 0 Å². The molecule has 5 heterocycles. The van der Waals surface area contributed by atoms with E-state index in [2.05, 4.69) is 79.7 Å². The number of allylic oxidation sites excluding steroid dienone is 4. The first-order valence-electron chi connectivity index (χ1n) is 15.8. The van der Waals surface area contributed by atoms with Crippen molar-refractivity contribution in [1.29, 1.82) is 0 Å². The Balaban J connectivity index is 0.00000165. The molecule has 5 rings (SSSR count). The van der Waals surface area contributed by atoms with Gasteiger partial charge >= 0.3 is 16.8 Å². The molecule has 2 aliphatic rings. The molecule has 2 aliphatic heterocycles. The van der Waals surface area contributed by atoms with Crippen LogP contribution in [0.15, 0.2) is 24.3 Å². The molecule has 6 nitrogen and oxygen atoms in total. The Bertz CT molecular complexity index is 1470. The Hall–Kier alpha value is -3.29. The van der Waals surface area contributed by atoms with Crippen LogP contribution in [0.5, 0.6) is 0 Å². The molecule has 0 saturated heterocycles. The fourth-order valence-corrected chi connectivity index (χ4v) is 6.92. The average Bonchev–Trinajstić information content (AvgIpc) is 3.73. The fraction of sp³-hybridized carbons (Fsp3) is 0.444. The summed E-state index contributed by atoms with van der Waals surface area (Å²) in [5.74, 6) is 0. The third kappa shape index (κ3) is 6.07. The van der Waals surface area contributed by atoms with Crippen LogP contribution in [0.1, 0.15) is 126 Å². The predicted molar refractivity (Wildman–Crippen MR) is 177 cm³/mol. The second-order valence-corrected chi connectivity index (χ2v) is 10.8. The van der Waals surface area contributed by atoms with Crippen LogP contribution in [0.25, 0.3) is 44.4 Å². The van der Waals surface area contributed by atoms with E-state index < -0.39 is 0 Å². The third-order valence-electron chi connectivity index (χ3n) is 8.82. The van der Waals surface area contributed by atoms with Gasteiger partial charge < -0.3 is 9.97 Å². The smallest absolute Gasteiger partial charge is 0.657 e. The standard InChI is InChI=1S/C36H44N4.Co.NO/c1-9-21-22(10-2)30-18-32-25(13-5)26(14-6)34(39-32)20-36-28(16-8)27(15-7)35(40-36)19-33-24(12-4)23(11-3)31(38-33)17-29(21)37-30;;1-2/h17-20H,9-16H2,1-8H3;;/q-2;+2;. The zero-order valence-corrected chi connectivity index (χ0v) is 28.0. The van der Waals surface area contributed by atoms with Gasteiger partial charge in [-0.2, -0.15) is 0 Å². The van der Waals surface area contributed by atoms with E-state index in [0.29, 0.717) is 0 Å². The maximum atomic E-state index is 7.25. The second-order valence-electron chi connectivity index (χ2n) is 10.8. The quantitative estimate of drug-likeness (QED) is 0.251. The first-order valence-corrected chi connectivity index (χ1v) is 15.8. The van der Waals surface area contributed by atoms with E-state index in [0.717, 1.165) is 96.2 Å². The molecule has 0 amide bonds. The van der Waals surface area contributed by atoms with Crippen LogP contribution in [0.4, 0.5) is 0 Å². The number of fused-ring (bicyclic) bond motifs is 8. The Kier molecular flexibility index (Phi) is 11.9. The summed E-state index contributed by atoms with van der Waals surface area (Å²) < 4.78 is 0. The summed E-state index contributed by atoms with van der Waals surface area (Å²) >= 11 is 0. The van der Waals surface area contributed by atoms with Crippen LogP contribution < -0.4 is 15.6 Å². The van der Waals surface area contributed by atoms with E-state index in [1.807, 2.05) is 0 Å². The molecule has 3 aromatic heterocycles. The fourth-order valence-electron chi connectivity index (χ4n) is 6.92. The molecule has 0 spiro atoms. The zero-order valence-electron chi connectivity index (χ0n) is 26.9. The predicted octanol–water partition coefficient (Wildman–Crippen LogP) is 8.83. The van der Waals surface area contributed by atoms with Crippen LogP contribution in [-0.4, -0.2) is 9.97 Å². The van der Waals surface area contributed by atoms with E-state index in [-0.39, 0.29) is 16.8 Å². The van der Waals surface area contributed by atoms with E-state index in [4.69, 9.17) is 30.4 Å². The average molecular weight is 622 g/mol. The monoisotopic (exact) mass is 621 g/mol. The van der Waals surface area contributed by atoms with Crippen LogP contribution in [-0.2, 0) is 42.5 Å². The second kappa shape index (κ2) is 14.9. The molecule has 8 bridgehead atoms. The van der Waals surface area contributed by atoms with Crippen molar-refractivity contribution in [3.8, 4) is 0 Å². The molecular weight excluding hydrogens is 577 g/mol. The van der Waals surface area contributed by atoms with Crippen LogP contribution in [0.2, 0.25) is 0 Å². The van der Waals surface area contributed by atoms with Gasteiger partial charge in [0.1, 0.15) is 5.59 Å². The summed E-state index contributed by atoms with van der Waals surface area (Å²) in [6.45, 7) is 17.9. The van der Waals surface area contributed by atoms with Gasteiger partial charge in [-0.05, 0) is 73.7 Å². The SMILES string of the molecule is CCC1=C(CC)c2cc3[n-]c(cc4nc(cc5[n-]c(cc1n2)c(CC)c5CC)C(CC)=C4CC)c(CC)c3CC.[Co+2].[N]=O. The van der Waals surface area contributed by atoms with Gasteiger partial charge in [0.05, 0.1) is 22.8 Å². The normalized spacial score (nSPS) is 12.7. The van der Waals surface area contributed by atoms with E-state index in [1.165, 1.54) is 44.5 Å². The van der Waals surface area contributed by atoms with Crippen molar-refractivity contribution < 1.29 is 16.8 Å². The van der Waals surface area contributed by atoms with Gasteiger partial charge in [-0.25, -0.2) is 9.97 Å². The van der Waals surface area contributed by atoms with Crippen LogP contribution in [0, 0.1) is 4.91 Å². The van der Waals surface area contributed by atoms with E-state index in [9.17, 15) is 0 Å². The summed E-state index contributed by atoms with van der Waals surface area (Å²) in [6, 6.07) is 8.98. The van der Waals surface area contributed by atoms with Crippen molar-refractivity contribution in [2.45, 2.75) is 107 Å². The number of aromatic nitrogens is 4. The summed E-state index contributed by atoms with van der Waals surface area (Å²) in [7, 11) is 0. The maximum absolute atomic E-state index is 7.25. The Morgan fingerprint density at radius 3 is 0.814 bits per heavy atom. The number of hydrogen-bond acceptors (Lipinski definition) is 3. The van der Waals surface area contributed by atoms with Crippen molar-refractivity contribution in [3.05, 3.63) is 74.2 Å². The molecule has 43 heavy (non-hydrogen) atoms. The molecule has 0 N–H and O–H groups in total. The molecule has 0 unspecified atom stereocenters. The first-order chi connectivity index (χ1) is 20.5. The van der Waals surface area contributed by atoms with Crippen molar-refractivity contribution >= 4 is 44.4 Å². The van der Waals surface area contributed by atoms with Gasteiger partial charge in [0.2, 0.25) is 0 Å². The van der Waals surface area contributed by atoms with Gasteiger partial charge in [-0.3, -0.25) is 0 Å². The van der Waals surface area contributed by atoms with Crippen LogP contribution in [0.3, 0.4) is 0 Å². The van der Waals surface area contributed by atoms with E-state index in [1.54, 1.807) is 0 Å². The van der Waals surface area contributed by atoms with E-state index >= 15 is 0 Å². The molecule has 0 saturated carbocycles. The van der Waals surface area contributed by atoms with Gasteiger partial charge in [-0.15, -0.1) is 27.0 Å². The van der Waals surface area contributed by atoms with Crippen molar-refractivity contribution in [3.63, 3.8) is 0 Å². The Morgan fingerprint density at radius 2 is 0.651 bits per heavy atom. The molecule has 0 aliphatic carbocycles. The minimum absolute atomic E-state index is 0. The van der Waals surface area contributed by atoms with Crippen molar-refractivity contribution in [1.82, 2.24) is 25.5 Å². The van der Waals surface area contributed by atoms with Crippen LogP contribution >= 0.6 is 0 Å². The molecule has 7 heteroatoms. The van der Waals surface area contributed by atoms with Gasteiger partial charge in [0, 0.05) is 0 Å². The van der Waals surface area contributed by atoms with Gasteiger partial charge in [-0.1, -0.05) is 102 Å². The summed E-state index contributed by atoms with van der Waals surface area (Å²) in [5.41, 5.74) is 24.9. The molecule has 0 atom stereocenters. The topological polar surface area (TPSA) is 93.3 Å². The number of rotatable bonds is 8. The molecule has 228 valence electrons. The number of hydrogen-bond donors (Lipinski definition) is 0. The molecule has 0 fully saturated rings. The first kappa shape index (κ1) is 34.2. The van der Waals surface area contributed by atoms with Gasteiger partial charge in [0.25, 0.3) is 0 Å². The summed E-state index contributed by atoms with van der Waals surface area (Å²) in [6.07, 6.45) is 7.60. The molecule has 3 aromatic rings. The minimum Gasteiger partial charge on any atom is -0.657 e. The molecular formula is C36H44CoN5O. The molecule has 2 radical (unpaired) electrons. The third-order valence-corrected chi connectivity index (χ3v) is 8.82. The number of aryl methyl sites for hydroxylation is 4. The maximum Gasteiger partial charge on any atom is 2.00 e. The molecule has 0 aromatic carbocycles. The number of nitrogens with zero attached hydrogens (tertiary/aromatic N) is 5. The summed E-state index contributed by atoms with van der Waals surface area (Å²) in [4.78, 5) is 28.3. The minimum atomic E-state index is 0. The Labute approximate surface area is 266 Å². The number of nitroso groups, excluding NO2 is 1. The zero-order chi connectivity index (χ0) is 30.6. The largest absolute Gasteiger partial charge is 2.00 e. The Morgan fingerprint density at radius 1 is 0.442 bits per heavy atom. The van der Waals surface area contributed by atoms with Crippen molar-refractivity contribution in [2.24, 2.45) is 0 Å².